The molecule has 0 unspecified atom stereocenters. The SMILES string of the molecule is Cc1nn(C)cc1CNC(=O)[C@@]1(C)CC1(Cl)Cl. The van der Waals surface area contributed by atoms with Crippen molar-refractivity contribution in [2.75, 3.05) is 0 Å². The molecule has 1 fully saturated rings. The number of nitrogens with zero attached hydrogens (tertiary/aromatic N) is 2. The van der Waals surface area contributed by atoms with Crippen molar-refractivity contribution in [3.05, 3.63) is 17.5 Å². The Morgan fingerprint density at radius 1 is 1.65 bits per heavy atom. The Kier molecular flexibility index (Phi) is 2.91. The lowest BCUT2D eigenvalue weighted by atomic mass is 10.1. The second kappa shape index (κ2) is 3.89. The van der Waals surface area contributed by atoms with Crippen LogP contribution in [0.25, 0.3) is 0 Å². The predicted octanol–water partition coefficient (Wildman–Crippen LogP) is 1.93. The van der Waals surface area contributed by atoms with E-state index >= 15 is 0 Å². The topological polar surface area (TPSA) is 46.9 Å². The minimum Gasteiger partial charge on any atom is -0.351 e. The van der Waals surface area contributed by atoms with Crippen LogP contribution in [0.15, 0.2) is 6.20 Å². The maximum Gasteiger partial charge on any atom is 0.229 e. The summed E-state index contributed by atoms with van der Waals surface area (Å²) in [4.78, 5) is 11.9. The smallest absolute Gasteiger partial charge is 0.229 e. The zero-order chi connectivity index (χ0) is 12.8. The van der Waals surface area contributed by atoms with Crippen LogP contribution in [0, 0.1) is 12.3 Å². The van der Waals surface area contributed by atoms with E-state index in [-0.39, 0.29) is 5.91 Å². The van der Waals surface area contributed by atoms with Crippen molar-refractivity contribution in [2.24, 2.45) is 12.5 Å². The number of alkyl halides is 2. The molecule has 0 radical (unpaired) electrons. The molecule has 1 amide bonds. The third-order valence-electron chi connectivity index (χ3n) is 3.31. The van der Waals surface area contributed by atoms with Gasteiger partial charge in [0.15, 0.2) is 0 Å². The molecule has 94 valence electrons. The van der Waals surface area contributed by atoms with Gasteiger partial charge < -0.3 is 5.32 Å². The summed E-state index contributed by atoms with van der Waals surface area (Å²) in [5.41, 5.74) is 1.25. The van der Waals surface area contributed by atoms with Gasteiger partial charge in [0.05, 0.1) is 11.1 Å². The Balaban J connectivity index is 1.96. The van der Waals surface area contributed by atoms with E-state index in [1.54, 1.807) is 11.6 Å². The van der Waals surface area contributed by atoms with E-state index in [2.05, 4.69) is 10.4 Å². The first-order chi connectivity index (χ1) is 7.76. The number of amides is 1. The summed E-state index contributed by atoms with van der Waals surface area (Å²) < 4.78 is 0.810. The summed E-state index contributed by atoms with van der Waals surface area (Å²) in [7, 11) is 1.85. The number of aryl methyl sites for hydroxylation is 2. The molecule has 1 aliphatic rings. The number of carbonyl (C=O) groups excluding carboxylic acids is 1. The number of hydrogen-bond donors (Lipinski definition) is 1. The van der Waals surface area contributed by atoms with Gasteiger partial charge in [-0.25, -0.2) is 0 Å². The third kappa shape index (κ3) is 2.16. The first kappa shape index (κ1) is 12.7. The highest BCUT2D eigenvalue weighted by molar-refractivity contribution is 6.53. The molecule has 0 aromatic carbocycles. The van der Waals surface area contributed by atoms with Gasteiger partial charge in [-0.15, -0.1) is 23.2 Å². The first-order valence-corrected chi connectivity index (χ1v) is 6.17. The van der Waals surface area contributed by atoms with Gasteiger partial charge in [-0.2, -0.15) is 5.10 Å². The van der Waals surface area contributed by atoms with E-state index in [1.807, 2.05) is 20.2 Å². The molecule has 4 nitrogen and oxygen atoms in total. The molecule has 6 heteroatoms. The lowest BCUT2D eigenvalue weighted by molar-refractivity contribution is -0.125. The van der Waals surface area contributed by atoms with Crippen LogP contribution < -0.4 is 5.32 Å². The van der Waals surface area contributed by atoms with Crippen LogP contribution in [0.1, 0.15) is 24.6 Å². The fourth-order valence-corrected chi connectivity index (χ4v) is 2.55. The Morgan fingerprint density at radius 3 is 2.65 bits per heavy atom. The molecule has 0 aliphatic heterocycles. The van der Waals surface area contributed by atoms with Crippen molar-refractivity contribution >= 4 is 29.1 Å². The van der Waals surface area contributed by atoms with Crippen molar-refractivity contribution in [3.8, 4) is 0 Å². The highest BCUT2D eigenvalue weighted by Crippen LogP contribution is 2.63. The molecule has 2 rings (SSSR count). The van der Waals surface area contributed by atoms with E-state index in [0.29, 0.717) is 13.0 Å². The highest BCUT2D eigenvalue weighted by Gasteiger charge is 2.67. The molecular weight excluding hydrogens is 261 g/mol. The summed E-state index contributed by atoms with van der Waals surface area (Å²) >= 11 is 11.9. The van der Waals surface area contributed by atoms with Crippen LogP contribution in [0.3, 0.4) is 0 Å². The van der Waals surface area contributed by atoms with E-state index in [4.69, 9.17) is 23.2 Å². The Bertz CT molecular complexity index is 469. The Morgan fingerprint density at radius 2 is 2.24 bits per heavy atom. The second-order valence-corrected chi connectivity index (χ2v) is 6.29. The van der Waals surface area contributed by atoms with E-state index in [9.17, 15) is 4.79 Å². The van der Waals surface area contributed by atoms with Crippen LogP contribution in [-0.4, -0.2) is 20.0 Å². The molecule has 1 aromatic rings. The molecule has 1 aromatic heterocycles. The Labute approximate surface area is 110 Å². The minimum absolute atomic E-state index is 0.106. The molecule has 1 atom stereocenters. The molecule has 0 saturated heterocycles. The molecule has 0 bridgehead atoms. The van der Waals surface area contributed by atoms with Crippen LogP contribution in [-0.2, 0) is 18.4 Å². The lowest BCUT2D eigenvalue weighted by Crippen LogP contribution is -2.32. The van der Waals surface area contributed by atoms with Gasteiger partial charge in [0, 0.05) is 25.4 Å². The first-order valence-electron chi connectivity index (χ1n) is 5.41. The highest BCUT2D eigenvalue weighted by atomic mass is 35.5. The average Bonchev–Trinajstić information content (AvgIpc) is 2.56. The van der Waals surface area contributed by atoms with Gasteiger partial charge in [0.2, 0.25) is 5.91 Å². The number of carbonyl (C=O) groups is 1. The fraction of sp³-hybridized carbons (Fsp3) is 0.636. The molecule has 1 aliphatic carbocycles. The summed E-state index contributed by atoms with van der Waals surface area (Å²) in [6.45, 7) is 4.14. The van der Waals surface area contributed by atoms with Crippen LogP contribution in [0.2, 0.25) is 0 Å². The summed E-state index contributed by atoms with van der Waals surface area (Å²) in [6.07, 6.45) is 2.39. The van der Waals surface area contributed by atoms with Crippen molar-refractivity contribution in [1.29, 1.82) is 0 Å². The zero-order valence-electron chi connectivity index (χ0n) is 10.1. The van der Waals surface area contributed by atoms with Crippen molar-refractivity contribution < 1.29 is 4.79 Å². The maximum atomic E-state index is 11.9. The second-order valence-electron chi connectivity index (χ2n) is 4.81. The minimum atomic E-state index is -0.916. The summed E-state index contributed by atoms with van der Waals surface area (Å²) in [5.74, 6) is -0.106. The Hall–Kier alpha value is -0.740. The third-order valence-corrected chi connectivity index (χ3v) is 4.41. The summed E-state index contributed by atoms with van der Waals surface area (Å²) in [6, 6.07) is 0. The maximum absolute atomic E-state index is 11.9. The van der Waals surface area contributed by atoms with E-state index in [0.717, 1.165) is 11.3 Å². The van der Waals surface area contributed by atoms with Crippen molar-refractivity contribution in [3.63, 3.8) is 0 Å². The molecule has 1 saturated carbocycles. The van der Waals surface area contributed by atoms with Gasteiger partial charge in [0.25, 0.3) is 0 Å². The molecule has 1 heterocycles. The monoisotopic (exact) mass is 275 g/mol. The largest absolute Gasteiger partial charge is 0.351 e. The van der Waals surface area contributed by atoms with Gasteiger partial charge >= 0.3 is 0 Å². The molecule has 1 N–H and O–H groups in total. The number of rotatable bonds is 3. The van der Waals surface area contributed by atoms with Gasteiger partial charge in [-0.1, -0.05) is 0 Å². The van der Waals surface area contributed by atoms with Crippen molar-refractivity contribution in [2.45, 2.75) is 31.1 Å². The summed E-state index contributed by atoms with van der Waals surface area (Å²) in [5, 5.41) is 7.06. The van der Waals surface area contributed by atoms with Crippen molar-refractivity contribution in [1.82, 2.24) is 15.1 Å². The van der Waals surface area contributed by atoms with E-state index in [1.165, 1.54) is 0 Å². The quantitative estimate of drug-likeness (QED) is 0.857. The molecule has 17 heavy (non-hydrogen) atoms. The number of aromatic nitrogens is 2. The van der Waals surface area contributed by atoms with Crippen LogP contribution >= 0.6 is 23.2 Å². The van der Waals surface area contributed by atoms with Crippen LogP contribution in [0.5, 0.6) is 0 Å². The standard InChI is InChI=1S/C11H15Cl2N3O/c1-7-8(5-16(3)15-7)4-14-9(17)10(2)6-11(10,12)13/h5H,4,6H2,1-3H3,(H,14,17)/t10-/m1/s1. The number of hydrogen-bond acceptors (Lipinski definition) is 2. The van der Waals surface area contributed by atoms with Gasteiger partial charge in [-0.3, -0.25) is 9.48 Å². The zero-order valence-corrected chi connectivity index (χ0v) is 11.6. The molecular formula is C11H15Cl2N3O. The number of halogens is 2. The average molecular weight is 276 g/mol. The van der Waals surface area contributed by atoms with Gasteiger partial charge in [0.1, 0.15) is 4.33 Å². The molecule has 0 spiro atoms. The van der Waals surface area contributed by atoms with E-state index < -0.39 is 9.75 Å². The number of nitrogens with one attached hydrogen (secondary N) is 1. The normalized spacial score (nSPS) is 25.7. The predicted molar refractivity (Wildman–Crippen MR) is 67.0 cm³/mol. The van der Waals surface area contributed by atoms with Gasteiger partial charge in [-0.05, 0) is 20.3 Å². The lowest BCUT2D eigenvalue weighted by Gasteiger charge is -2.12. The van der Waals surface area contributed by atoms with Crippen LogP contribution in [0.4, 0.5) is 0 Å². The fourth-order valence-electron chi connectivity index (χ4n) is 1.84.